The summed E-state index contributed by atoms with van der Waals surface area (Å²) in [5.74, 6) is 0. The predicted molar refractivity (Wildman–Crippen MR) is 78.6 cm³/mol. The summed E-state index contributed by atoms with van der Waals surface area (Å²) in [5, 5.41) is 0. The summed E-state index contributed by atoms with van der Waals surface area (Å²) in [5.41, 5.74) is 5.45. The highest BCUT2D eigenvalue weighted by molar-refractivity contribution is 4.88. The molecule has 0 aromatic heterocycles. The van der Waals surface area contributed by atoms with Crippen molar-refractivity contribution >= 4 is 0 Å². The third-order valence-electron chi connectivity index (χ3n) is 3.02. The van der Waals surface area contributed by atoms with Gasteiger partial charge in [-0.2, -0.15) is 0 Å². The molecular formula is C15H31NO4. The van der Waals surface area contributed by atoms with Gasteiger partial charge in [-0.25, -0.2) is 0 Å². The van der Waals surface area contributed by atoms with Crippen molar-refractivity contribution in [3.05, 3.63) is 0 Å². The zero-order valence-corrected chi connectivity index (χ0v) is 13.9. The average molecular weight is 289 g/mol. The topological polar surface area (TPSA) is 62.9 Å². The molecule has 0 spiro atoms. The fourth-order valence-corrected chi connectivity index (χ4v) is 2.22. The minimum absolute atomic E-state index is 0.0773. The molecule has 0 bridgehead atoms. The van der Waals surface area contributed by atoms with Crippen LogP contribution in [0, 0.1) is 0 Å². The normalized spacial score (nSPS) is 32.4. The zero-order chi connectivity index (χ0) is 15.6. The summed E-state index contributed by atoms with van der Waals surface area (Å²) in [4.78, 5) is 0. The number of nitrogens with two attached hydrogens (primary N) is 1. The van der Waals surface area contributed by atoms with Crippen LogP contribution in [0.3, 0.4) is 0 Å². The van der Waals surface area contributed by atoms with E-state index in [1.165, 1.54) is 0 Å². The van der Waals surface area contributed by atoms with Gasteiger partial charge in [0.2, 0.25) is 0 Å². The molecule has 1 aliphatic heterocycles. The fraction of sp³-hybridized carbons (Fsp3) is 1.00. The Labute approximate surface area is 123 Å². The molecule has 1 aliphatic rings. The molecule has 0 aliphatic carbocycles. The molecule has 1 rings (SSSR count). The van der Waals surface area contributed by atoms with Crippen LogP contribution >= 0.6 is 0 Å². The van der Waals surface area contributed by atoms with Crippen molar-refractivity contribution in [3.63, 3.8) is 0 Å². The second-order valence-corrected chi connectivity index (χ2v) is 7.34. The van der Waals surface area contributed by atoms with Crippen LogP contribution in [0.4, 0.5) is 0 Å². The molecule has 4 atom stereocenters. The lowest BCUT2D eigenvalue weighted by Gasteiger charge is -2.43. The first-order chi connectivity index (χ1) is 9.02. The second-order valence-electron chi connectivity index (χ2n) is 7.34. The molecule has 1 heterocycles. The molecule has 0 saturated carbocycles. The van der Waals surface area contributed by atoms with E-state index in [1.54, 1.807) is 7.11 Å². The Balaban J connectivity index is 2.78. The van der Waals surface area contributed by atoms with Crippen molar-refractivity contribution in [1.29, 1.82) is 0 Å². The summed E-state index contributed by atoms with van der Waals surface area (Å²) in [6.07, 6.45) is -0.187. The van der Waals surface area contributed by atoms with Crippen molar-refractivity contribution in [2.45, 2.75) is 83.7 Å². The third kappa shape index (κ3) is 6.06. The monoisotopic (exact) mass is 289 g/mol. The molecule has 0 aromatic carbocycles. The molecule has 5 heteroatoms. The van der Waals surface area contributed by atoms with Crippen LogP contribution < -0.4 is 5.73 Å². The van der Waals surface area contributed by atoms with Crippen molar-refractivity contribution in [2.75, 3.05) is 13.7 Å². The molecule has 2 N–H and O–H groups in total. The number of ether oxygens (including phenoxy) is 4. The average Bonchev–Trinajstić information content (AvgIpc) is 2.26. The summed E-state index contributed by atoms with van der Waals surface area (Å²) in [6, 6.07) is 0. The van der Waals surface area contributed by atoms with Gasteiger partial charge in [0.15, 0.2) is 0 Å². The van der Waals surface area contributed by atoms with Crippen molar-refractivity contribution < 1.29 is 18.9 Å². The van der Waals surface area contributed by atoms with E-state index >= 15 is 0 Å². The van der Waals surface area contributed by atoms with Crippen LogP contribution in [-0.2, 0) is 18.9 Å². The van der Waals surface area contributed by atoms with Gasteiger partial charge < -0.3 is 24.7 Å². The van der Waals surface area contributed by atoms with Gasteiger partial charge in [0.1, 0.15) is 18.4 Å². The highest BCUT2D eigenvalue weighted by Crippen LogP contribution is 2.27. The Morgan fingerprint density at radius 1 is 1.10 bits per heavy atom. The number of hydrogen-bond acceptors (Lipinski definition) is 5. The molecule has 2 unspecified atom stereocenters. The van der Waals surface area contributed by atoms with Crippen LogP contribution in [-0.4, -0.2) is 49.5 Å². The molecule has 0 aromatic rings. The minimum atomic E-state index is -0.340. The maximum atomic E-state index is 6.12. The van der Waals surface area contributed by atoms with E-state index in [1.807, 2.05) is 41.5 Å². The Kier molecular flexibility index (Phi) is 5.99. The van der Waals surface area contributed by atoms with Gasteiger partial charge in [-0.05, 0) is 41.5 Å². The molecule has 0 radical (unpaired) electrons. The Morgan fingerprint density at radius 3 is 2.15 bits per heavy atom. The standard InChI is InChI=1S/C15H31NO4/c1-14(2,3)18-9-11-13(20-15(4,5)6)10(17-7)8-12(16)19-11/h10-13H,8-9,16H2,1-7H3/t10-,11+,12?,13?/m0/s1. The Morgan fingerprint density at radius 2 is 1.70 bits per heavy atom. The Hall–Kier alpha value is -0.200. The fourth-order valence-electron chi connectivity index (χ4n) is 2.22. The van der Waals surface area contributed by atoms with Crippen LogP contribution in [0.25, 0.3) is 0 Å². The second kappa shape index (κ2) is 6.71. The highest BCUT2D eigenvalue weighted by atomic mass is 16.6. The van der Waals surface area contributed by atoms with Gasteiger partial charge in [-0.1, -0.05) is 0 Å². The van der Waals surface area contributed by atoms with E-state index in [9.17, 15) is 0 Å². The molecule has 20 heavy (non-hydrogen) atoms. The van der Waals surface area contributed by atoms with Crippen molar-refractivity contribution in [2.24, 2.45) is 5.73 Å². The summed E-state index contributed by atoms with van der Waals surface area (Å²) >= 11 is 0. The zero-order valence-electron chi connectivity index (χ0n) is 13.9. The van der Waals surface area contributed by atoms with E-state index < -0.39 is 0 Å². The number of rotatable bonds is 4. The molecular weight excluding hydrogens is 258 g/mol. The molecule has 5 nitrogen and oxygen atoms in total. The lowest BCUT2D eigenvalue weighted by Crippen LogP contribution is -2.56. The first kappa shape index (κ1) is 17.9. The quantitative estimate of drug-likeness (QED) is 0.858. The lowest BCUT2D eigenvalue weighted by molar-refractivity contribution is -0.238. The van der Waals surface area contributed by atoms with Crippen LogP contribution in [0.2, 0.25) is 0 Å². The van der Waals surface area contributed by atoms with E-state index in [0.29, 0.717) is 13.0 Å². The highest BCUT2D eigenvalue weighted by Gasteiger charge is 2.41. The lowest BCUT2D eigenvalue weighted by atomic mass is 9.99. The number of methoxy groups -OCH3 is 1. The minimum Gasteiger partial charge on any atom is -0.378 e. The molecule has 1 saturated heterocycles. The van der Waals surface area contributed by atoms with E-state index in [0.717, 1.165) is 0 Å². The van der Waals surface area contributed by atoms with Crippen LogP contribution in [0.15, 0.2) is 0 Å². The molecule has 1 fully saturated rings. The molecule has 120 valence electrons. The van der Waals surface area contributed by atoms with Gasteiger partial charge in [0.05, 0.1) is 23.9 Å². The van der Waals surface area contributed by atoms with Crippen molar-refractivity contribution in [3.8, 4) is 0 Å². The van der Waals surface area contributed by atoms with Gasteiger partial charge in [0.25, 0.3) is 0 Å². The van der Waals surface area contributed by atoms with Gasteiger partial charge in [-0.3, -0.25) is 0 Å². The van der Waals surface area contributed by atoms with E-state index in [4.69, 9.17) is 24.7 Å². The maximum absolute atomic E-state index is 6.12. The largest absolute Gasteiger partial charge is 0.378 e. The summed E-state index contributed by atoms with van der Waals surface area (Å²) in [6.45, 7) is 12.6. The third-order valence-corrected chi connectivity index (χ3v) is 3.02. The van der Waals surface area contributed by atoms with Gasteiger partial charge >= 0.3 is 0 Å². The first-order valence-corrected chi connectivity index (χ1v) is 7.27. The maximum Gasteiger partial charge on any atom is 0.113 e. The SMILES string of the molecule is CO[C@H]1CC(N)O[C@H](COC(C)(C)C)C1OC(C)(C)C. The summed E-state index contributed by atoms with van der Waals surface area (Å²) in [7, 11) is 1.68. The smallest absolute Gasteiger partial charge is 0.113 e. The van der Waals surface area contributed by atoms with E-state index in [-0.39, 0.29) is 35.7 Å². The van der Waals surface area contributed by atoms with Crippen LogP contribution in [0.1, 0.15) is 48.0 Å². The number of hydrogen-bond donors (Lipinski definition) is 1. The van der Waals surface area contributed by atoms with E-state index in [2.05, 4.69) is 0 Å². The van der Waals surface area contributed by atoms with Crippen molar-refractivity contribution in [1.82, 2.24) is 0 Å². The Bertz CT molecular complexity index is 295. The predicted octanol–water partition coefficient (Wildman–Crippen LogP) is 2.07. The van der Waals surface area contributed by atoms with Gasteiger partial charge in [0, 0.05) is 13.5 Å². The summed E-state index contributed by atoms with van der Waals surface area (Å²) < 4.78 is 23.3. The first-order valence-electron chi connectivity index (χ1n) is 7.27. The van der Waals surface area contributed by atoms with Gasteiger partial charge in [-0.15, -0.1) is 0 Å². The molecule has 0 amide bonds. The van der Waals surface area contributed by atoms with Crippen LogP contribution in [0.5, 0.6) is 0 Å².